The van der Waals surface area contributed by atoms with Crippen LogP contribution in [0, 0.1) is 0 Å². The molecule has 3 rings (SSSR count). The van der Waals surface area contributed by atoms with Gasteiger partial charge >= 0.3 is 0 Å². The number of imide groups is 1. The van der Waals surface area contributed by atoms with Crippen molar-refractivity contribution in [1.29, 1.82) is 0 Å². The van der Waals surface area contributed by atoms with Gasteiger partial charge in [-0.1, -0.05) is 24.4 Å². The first-order chi connectivity index (χ1) is 10.1. The van der Waals surface area contributed by atoms with E-state index in [-0.39, 0.29) is 29.5 Å². The number of likely N-dealkylation sites (tertiary alicyclic amines) is 1. The molecule has 1 saturated heterocycles. The summed E-state index contributed by atoms with van der Waals surface area (Å²) in [6.07, 6.45) is 4.35. The van der Waals surface area contributed by atoms with E-state index in [1.807, 2.05) is 0 Å². The molecular weight excluding hydrogens is 308 g/mol. The maximum atomic E-state index is 12.5. The highest BCUT2D eigenvalue weighted by atomic mass is 35.5. The first-order valence-corrected chi connectivity index (χ1v) is 8.39. The number of carbonyl (C=O) groups is 2. The summed E-state index contributed by atoms with van der Waals surface area (Å²) in [6.45, 7) is 0. The monoisotopic (exact) mass is 324 g/mol. The Balaban J connectivity index is 1.75. The molecule has 1 saturated carbocycles. The number of nitrogens with two attached hydrogens (primary N) is 1. The topological polar surface area (TPSA) is 63.4 Å². The van der Waals surface area contributed by atoms with Crippen LogP contribution < -0.4 is 5.73 Å². The van der Waals surface area contributed by atoms with Crippen molar-refractivity contribution in [3.8, 4) is 0 Å². The van der Waals surface area contributed by atoms with Gasteiger partial charge in [-0.05, 0) is 31.0 Å². The summed E-state index contributed by atoms with van der Waals surface area (Å²) in [5, 5.41) is 0.166. The van der Waals surface area contributed by atoms with Gasteiger partial charge in [0.1, 0.15) is 0 Å². The lowest BCUT2D eigenvalue weighted by Gasteiger charge is -2.22. The highest BCUT2D eigenvalue weighted by molar-refractivity contribution is 8.00. The van der Waals surface area contributed by atoms with Crippen LogP contribution in [0.3, 0.4) is 0 Å². The van der Waals surface area contributed by atoms with Gasteiger partial charge in [-0.2, -0.15) is 0 Å². The molecule has 1 heterocycles. The Morgan fingerprint density at radius 2 is 1.95 bits per heavy atom. The Morgan fingerprint density at radius 1 is 1.24 bits per heavy atom. The number of carbonyl (C=O) groups excluding carboxylic acids is 2. The van der Waals surface area contributed by atoms with Crippen LogP contribution in [0.15, 0.2) is 23.1 Å². The van der Waals surface area contributed by atoms with Crippen molar-refractivity contribution in [3.63, 3.8) is 0 Å². The Morgan fingerprint density at radius 3 is 2.62 bits per heavy atom. The molecular formula is C15H17ClN2O2S. The molecule has 2 N–H and O–H groups in total. The normalized spacial score (nSPS) is 23.3. The predicted octanol–water partition coefficient (Wildman–Crippen LogP) is 3.08. The molecule has 2 aliphatic rings. The smallest absolute Gasteiger partial charge is 0.243 e. The van der Waals surface area contributed by atoms with Crippen molar-refractivity contribution in [1.82, 2.24) is 4.90 Å². The number of hydrogen-bond donors (Lipinski definition) is 1. The van der Waals surface area contributed by atoms with Gasteiger partial charge in [0.05, 0.1) is 10.3 Å². The number of anilines is 1. The van der Waals surface area contributed by atoms with Crippen molar-refractivity contribution in [2.45, 2.75) is 48.3 Å². The molecule has 1 aliphatic heterocycles. The molecule has 6 heteroatoms. The van der Waals surface area contributed by atoms with E-state index in [1.165, 1.54) is 16.7 Å². The molecule has 1 atom stereocenters. The molecule has 112 valence electrons. The lowest BCUT2D eigenvalue weighted by Crippen LogP contribution is -2.39. The Labute approximate surface area is 133 Å². The van der Waals surface area contributed by atoms with Crippen LogP contribution in [-0.4, -0.2) is 28.0 Å². The Hall–Kier alpha value is -1.20. The van der Waals surface area contributed by atoms with Crippen LogP contribution in [0.2, 0.25) is 5.02 Å². The van der Waals surface area contributed by atoms with Gasteiger partial charge in [0, 0.05) is 23.0 Å². The molecule has 0 aromatic heterocycles. The average molecular weight is 325 g/mol. The largest absolute Gasteiger partial charge is 0.399 e. The molecule has 21 heavy (non-hydrogen) atoms. The second kappa shape index (κ2) is 5.89. The van der Waals surface area contributed by atoms with E-state index in [1.54, 1.807) is 18.2 Å². The molecule has 2 fully saturated rings. The number of amides is 2. The molecule has 1 aromatic carbocycles. The fourth-order valence-electron chi connectivity index (χ4n) is 3.03. The quantitative estimate of drug-likeness (QED) is 0.685. The highest BCUT2D eigenvalue weighted by Gasteiger charge is 2.43. The second-order valence-electron chi connectivity index (χ2n) is 5.54. The van der Waals surface area contributed by atoms with Gasteiger partial charge in [0.15, 0.2) is 0 Å². The van der Waals surface area contributed by atoms with Crippen molar-refractivity contribution >= 4 is 40.9 Å². The number of nitrogens with zero attached hydrogens (tertiary/aromatic N) is 1. The predicted molar refractivity (Wildman–Crippen MR) is 84.2 cm³/mol. The second-order valence-corrected chi connectivity index (χ2v) is 7.19. The van der Waals surface area contributed by atoms with E-state index < -0.39 is 0 Å². The molecule has 2 amide bonds. The van der Waals surface area contributed by atoms with E-state index in [0.29, 0.717) is 10.7 Å². The lowest BCUT2D eigenvalue weighted by atomic mass is 10.2. The van der Waals surface area contributed by atoms with Crippen molar-refractivity contribution in [3.05, 3.63) is 23.2 Å². The first kappa shape index (κ1) is 14.7. The van der Waals surface area contributed by atoms with Crippen molar-refractivity contribution < 1.29 is 9.59 Å². The molecule has 0 spiro atoms. The number of thioether (sulfide) groups is 1. The third kappa shape index (κ3) is 2.90. The first-order valence-electron chi connectivity index (χ1n) is 7.14. The lowest BCUT2D eigenvalue weighted by molar-refractivity contribution is -0.140. The van der Waals surface area contributed by atoms with E-state index >= 15 is 0 Å². The number of benzene rings is 1. The highest BCUT2D eigenvalue weighted by Crippen LogP contribution is 2.38. The zero-order chi connectivity index (χ0) is 15.0. The number of halogens is 1. The van der Waals surface area contributed by atoms with Crippen LogP contribution in [0.4, 0.5) is 5.69 Å². The van der Waals surface area contributed by atoms with Crippen LogP contribution in [0.5, 0.6) is 0 Å². The van der Waals surface area contributed by atoms with Crippen molar-refractivity contribution in [2.75, 3.05) is 5.73 Å². The minimum atomic E-state index is -0.362. The van der Waals surface area contributed by atoms with Gasteiger partial charge < -0.3 is 5.73 Å². The van der Waals surface area contributed by atoms with Crippen LogP contribution >= 0.6 is 23.4 Å². The molecule has 0 radical (unpaired) electrons. The van der Waals surface area contributed by atoms with Crippen LogP contribution in [0.1, 0.15) is 32.1 Å². The maximum Gasteiger partial charge on any atom is 0.243 e. The fourth-order valence-corrected chi connectivity index (χ4v) is 4.41. The molecule has 1 aromatic rings. The van der Waals surface area contributed by atoms with E-state index in [2.05, 4.69) is 0 Å². The summed E-state index contributed by atoms with van der Waals surface area (Å²) in [5.41, 5.74) is 6.26. The Kier molecular flexibility index (Phi) is 4.13. The van der Waals surface area contributed by atoms with Gasteiger partial charge in [-0.3, -0.25) is 14.5 Å². The summed E-state index contributed by atoms with van der Waals surface area (Å²) >= 11 is 7.51. The number of nitrogen functional groups attached to an aromatic ring is 1. The van der Waals surface area contributed by atoms with Gasteiger partial charge in [0.25, 0.3) is 0 Å². The molecule has 4 nitrogen and oxygen atoms in total. The number of rotatable bonds is 3. The SMILES string of the molecule is Nc1ccc(SC2CC(=O)N(C3CCCC3)C2=O)c(Cl)c1. The third-order valence-electron chi connectivity index (χ3n) is 4.06. The zero-order valence-electron chi connectivity index (χ0n) is 11.5. The van der Waals surface area contributed by atoms with E-state index in [4.69, 9.17) is 17.3 Å². The standard InChI is InChI=1S/C15H17ClN2O2S/c16-11-7-9(17)5-6-12(11)21-13-8-14(19)18(15(13)20)10-3-1-2-4-10/h5-7,10,13H,1-4,8,17H2. The summed E-state index contributed by atoms with van der Waals surface area (Å²) in [7, 11) is 0. The molecule has 0 bridgehead atoms. The average Bonchev–Trinajstić information content (AvgIpc) is 3.02. The summed E-state index contributed by atoms with van der Waals surface area (Å²) in [4.78, 5) is 26.9. The van der Waals surface area contributed by atoms with E-state index in [0.717, 1.165) is 30.6 Å². The summed E-state index contributed by atoms with van der Waals surface area (Å²) in [6, 6.07) is 5.33. The van der Waals surface area contributed by atoms with Gasteiger partial charge in [-0.25, -0.2) is 0 Å². The molecule has 1 aliphatic carbocycles. The number of hydrogen-bond acceptors (Lipinski definition) is 4. The summed E-state index contributed by atoms with van der Waals surface area (Å²) < 4.78 is 0. The maximum absolute atomic E-state index is 12.5. The minimum absolute atomic E-state index is 0.0454. The van der Waals surface area contributed by atoms with Gasteiger partial charge in [0.2, 0.25) is 11.8 Å². The zero-order valence-corrected chi connectivity index (χ0v) is 13.1. The van der Waals surface area contributed by atoms with Crippen LogP contribution in [-0.2, 0) is 9.59 Å². The Bertz CT molecular complexity index is 587. The van der Waals surface area contributed by atoms with Gasteiger partial charge in [-0.15, -0.1) is 11.8 Å². The fraction of sp³-hybridized carbons (Fsp3) is 0.467. The molecule has 1 unspecified atom stereocenters. The van der Waals surface area contributed by atoms with Crippen molar-refractivity contribution in [2.24, 2.45) is 0 Å². The van der Waals surface area contributed by atoms with E-state index in [9.17, 15) is 9.59 Å². The minimum Gasteiger partial charge on any atom is -0.399 e. The van der Waals surface area contributed by atoms with Crippen LogP contribution in [0.25, 0.3) is 0 Å². The third-order valence-corrected chi connectivity index (χ3v) is 5.74. The summed E-state index contributed by atoms with van der Waals surface area (Å²) in [5.74, 6) is -0.110.